The van der Waals surface area contributed by atoms with Crippen molar-refractivity contribution in [1.82, 2.24) is 14.5 Å². The lowest BCUT2D eigenvalue weighted by Crippen LogP contribution is -2.32. The highest BCUT2D eigenvalue weighted by Crippen LogP contribution is 2.36. The van der Waals surface area contributed by atoms with Gasteiger partial charge in [0.15, 0.2) is 8.03 Å². The summed E-state index contributed by atoms with van der Waals surface area (Å²) in [4.78, 5) is 8.37. The van der Waals surface area contributed by atoms with E-state index in [1.807, 2.05) is 27.8 Å². The molecule has 2 aromatic rings. The number of ether oxygens (including phenoxy) is 1. The van der Waals surface area contributed by atoms with E-state index in [9.17, 15) is 14.8 Å². The quantitative estimate of drug-likeness (QED) is 0.182. The standard InChI is InChI=1S/C19H33N4O5PS/c1-5-13(28-29(26)14(6-2)7-3)8-9-27-19(15(25)10-24)23-12-22(4)16-17(23)20-11-21-18(16)30/h11-15,19,24-25,29H,5-10H2,1-4H3/p+1/t13?,15-,19+/m1/s1. The van der Waals surface area contributed by atoms with Crippen LogP contribution < -0.4 is 4.57 Å². The Morgan fingerprint density at radius 2 is 1.97 bits per heavy atom. The third kappa shape index (κ3) is 6.02. The highest BCUT2D eigenvalue weighted by Gasteiger charge is 2.31. The molecule has 0 saturated carbocycles. The zero-order chi connectivity index (χ0) is 22.3. The minimum Gasteiger partial charge on any atom is -0.393 e. The Bertz CT molecular complexity index is 833. The first-order chi connectivity index (χ1) is 14.4. The summed E-state index contributed by atoms with van der Waals surface area (Å²) < 4.78 is 27.7. The van der Waals surface area contributed by atoms with Crippen molar-refractivity contribution in [2.75, 3.05) is 13.2 Å². The molecular weight excluding hydrogens is 427 g/mol. The van der Waals surface area contributed by atoms with Gasteiger partial charge in [0.25, 0.3) is 5.65 Å². The second kappa shape index (κ2) is 12.1. The minimum absolute atomic E-state index is 0.0929. The molecule has 0 aliphatic carbocycles. The van der Waals surface area contributed by atoms with Gasteiger partial charge in [-0.2, -0.15) is 9.55 Å². The maximum Gasteiger partial charge on any atom is 0.275 e. The van der Waals surface area contributed by atoms with E-state index in [-0.39, 0.29) is 18.4 Å². The molecule has 0 bridgehead atoms. The van der Waals surface area contributed by atoms with E-state index in [0.717, 1.165) is 12.8 Å². The van der Waals surface area contributed by atoms with Crippen LogP contribution in [0.3, 0.4) is 0 Å². The monoisotopic (exact) mass is 461 g/mol. The van der Waals surface area contributed by atoms with Gasteiger partial charge in [-0.3, -0.25) is 4.57 Å². The van der Waals surface area contributed by atoms with Crippen molar-refractivity contribution in [2.45, 2.75) is 75.6 Å². The summed E-state index contributed by atoms with van der Waals surface area (Å²) in [5, 5.41) is 20.4. The van der Waals surface area contributed by atoms with E-state index in [1.165, 1.54) is 6.33 Å². The first-order valence-electron chi connectivity index (χ1n) is 10.4. The molecule has 4 atom stereocenters. The molecule has 0 aromatic carbocycles. The number of imidazole rings is 1. The van der Waals surface area contributed by atoms with Crippen LogP contribution in [0.5, 0.6) is 0 Å². The number of aliphatic hydroxyl groups excluding tert-OH is 2. The highest BCUT2D eigenvalue weighted by molar-refractivity contribution is 7.80. The van der Waals surface area contributed by atoms with Crippen LogP contribution in [0.2, 0.25) is 0 Å². The maximum absolute atomic E-state index is 12.4. The Labute approximate surface area is 183 Å². The summed E-state index contributed by atoms with van der Waals surface area (Å²) in [6, 6.07) is 0. The number of hydrogen-bond donors (Lipinski definition) is 3. The molecule has 0 fully saturated rings. The predicted octanol–water partition coefficient (Wildman–Crippen LogP) is 2.26. The molecule has 0 saturated heterocycles. The van der Waals surface area contributed by atoms with Gasteiger partial charge < -0.3 is 19.5 Å². The summed E-state index contributed by atoms with van der Waals surface area (Å²) in [7, 11) is -0.301. The highest BCUT2D eigenvalue weighted by atomic mass is 32.1. The average molecular weight is 462 g/mol. The fraction of sp³-hybridized carbons (Fsp3) is 0.737. The number of aliphatic hydroxyl groups is 2. The number of fused-ring (bicyclic) bond motifs is 1. The van der Waals surface area contributed by atoms with E-state index in [4.69, 9.17) is 9.26 Å². The van der Waals surface area contributed by atoms with Crippen LogP contribution in [0.1, 0.15) is 52.7 Å². The first kappa shape index (κ1) is 25.2. The summed E-state index contributed by atoms with van der Waals surface area (Å²) >= 11 is 4.37. The van der Waals surface area contributed by atoms with E-state index in [1.54, 1.807) is 15.5 Å². The molecule has 2 aromatic heterocycles. The number of aromatic nitrogens is 4. The number of aryl methyl sites for hydroxylation is 1. The SMILES string of the molecule is CCC(CCO[C@@H]([C@H](O)CO)n1c[n+](C)c2c(S)ncnc21)O[PH](=O)C(CC)CC. The molecule has 2 rings (SSSR count). The Kier molecular flexibility index (Phi) is 10.2. The number of thiol groups is 1. The van der Waals surface area contributed by atoms with Crippen LogP contribution in [0.4, 0.5) is 0 Å². The van der Waals surface area contributed by atoms with Gasteiger partial charge in [-0.1, -0.05) is 20.8 Å². The van der Waals surface area contributed by atoms with Crippen LogP contribution in [0, 0.1) is 0 Å². The molecule has 170 valence electrons. The van der Waals surface area contributed by atoms with Crippen LogP contribution in [-0.4, -0.2) is 55.8 Å². The first-order valence-corrected chi connectivity index (χ1v) is 12.2. The third-order valence-electron chi connectivity index (χ3n) is 5.25. The molecular formula is C19H34N4O5PS+. The topological polar surface area (TPSA) is 111 Å². The van der Waals surface area contributed by atoms with Crippen LogP contribution in [-0.2, 0) is 20.9 Å². The Morgan fingerprint density at radius 1 is 1.27 bits per heavy atom. The van der Waals surface area contributed by atoms with Gasteiger partial charge in [0.2, 0.25) is 18.1 Å². The van der Waals surface area contributed by atoms with Gasteiger partial charge in [-0.15, -0.1) is 12.6 Å². The molecule has 11 heteroatoms. The summed E-state index contributed by atoms with van der Waals surface area (Å²) in [6.07, 6.45) is 3.83. The van der Waals surface area contributed by atoms with Gasteiger partial charge >= 0.3 is 0 Å². The smallest absolute Gasteiger partial charge is 0.275 e. The second-order valence-corrected chi connectivity index (χ2v) is 9.40. The molecule has 0 spiro atoms. The van der Waals surface area contributed by atoms with Crippen molar-refractivity contribution in [3.8, 4) is 0 Å². The van der Waals surface area contributed by atoms with Crippen molar-refractivity contribution in [3.63, 3.8) is 0 Å². The van der Waals surface area contributed by atoms with E-state index in [2.05, 4.69) is 22.6 Å². The Hall–Kier alpha value is -1.03. The molecule has 2 heterocycles. The van der Waals surface area contributed by atoms with Gasteiger partial charge in [-0.05, 0) is 25.7 Å². The fourth-order valence-corrected chi connectivity index (χ4v) is 5.15. The maximum atomic E-state index is 12.4. The van der Waals surface area contributed by atoms with Crippen molar-refractivity contribution in [2.24, 2.45) is 7.05 Å². The molecule has 0 aliphatic heterocycles. The van der Waals surface area contributed by atoms with Crippen molar-refractivity contribution >= 4 is 31.8 Å². The lowest BCUT2D eigenvalue weighted by Gasteiger charge is -2.22. The van der Waals surface area contributed by atoms with Gasteiger partial charge in [0, 0.05) is 5.66 Å². The predicted molar refractivity (Wildman–Crippen MR) is 117 cm³/mol. The minimum atomic E-state index is -2.12. The van der Waals surface area contributed by atoms with Crippen LogP contribution in [0.15, 0.2) is 17.7 Å². The normalized spacial score (nSPS) is 16.1. The van der Waals surface area contributed by atoms with Crippen molar-refractivity contribution < 1.29 is 28.6 Å². The van der Waals surface area contributed by atoms with E-state index >= 15 is 0 Å². The molecule has 0 aliphatic rings. The second-order valence-electron chi connectivity index (χ2n) is 7.28. The number of nitrogens with zero attached hydrogens (tertiary/aromatic N) is 4. The Balaban J connectivity index is 2.11. The summed E-state index contributed by atoms with van der Waals surface area (Å²) in [5.41, 5.74) is 1.32. The zero-order valence-electron chi connectivity index (χ0n) is 18.1. The van der Waals surface area contributed by atoms with Crippen molar-refractivity contribution in [3.05, 3.63) is 12.7 Å². The van der Waals surface area contributed by atoms with Crippen molar-refractivity contribution in [1.29, 1.82) is 0 Å². The third-order valence-corrected chi connectivity index (χ3v) is 7.63. The molecule has 9 nitrogen and oxygen atoms in total. The molecule has 30 heavy (non-hydrogen) atoms. The van der Waals surface area contributed by atoms with Gasteiger partial charge in [0.05, 0.1) is 26.4 Å². The number of hydrogen-bond acceptors (Lipinski definition) is 8. The molecule has 2 unspecified atom stereocenters. The zero-order valence-corrected chi connectivity index (χ0v) is 20.0. The van der Waals surface area contributed by atoms with E-state index < -0.39 is 27.0 Å². The molecule has 2 N–H and O–H groups in total. The van der Waals surface area contributed by atoms with E-state index in [0.29, 0.717) is 29.0 Å². The van der Waals surface area contributed by atoms with Crippen LogP contribution >= 0.6 is 20.7 Å². The molecule has 0 amide bonds. The Morgan fingerprint density at radius 3 is 2.57 bits per heavy atom. The summed E-state index contributed by atoms with van der Waals surface area (Å²) in [6.45, 7) is 5.82. The fourth-order valence-electron chi connectivity index (χ4n) is 3.37. The lowest BCUT2D eigenvalue weighted by atomic mass is 10.2. The summed E-state index contributed by atoms with van der Waals surface area (Å²) in [5.74, 6) is 0. The lowest BCUT2D eigenvalue weighted by molar-refractivity contribution is -0.647. The molecule has 0 radical (unpaired) electrons. The van der Waals surface area contributed by atoms with Gasteiger partial charge in [0.1, 0.15) is 17.5 Å². The number of rotatable bonds is 13. The largest absolute Gasteiger partial charge is 0.393 e. The van der Waals surface area contributed by atoms with Gasteiger partial charge in [-0.25, -0.2) is 9.55 Å². The average Bonchev–Trinajstić information content (AvgIpc) is 3.08. The van der Waals surface area contributed by atoms with Crippen LogP contribution in [0.25, 0.3) is 11.2 Å².